The Morgan fingerprint density at radius 1 is 1.00 bits per heavy atom. The van der Waals surface area contributed by atoms with Crippen LogP contribution in [0.4, 0.5) is 0 Å². The second-order valence-corrected chi connectivity index (χ2v) is 8.66. The molecule has 0 amide bonds. The molecule has 8 heteroatoms. The minimum Gasteiger partial charge on any atom is -0.493 e. The van der Waals surface area contributed by atoms with Crippen LogP contribution in [0.25, 0.3) is 0 Å². The molecule has 2 aliphatic heterocycles. The SMILES string of the molecule is OC[C@H]1O[C@@H](c2ccc(Cl)c(Cc3ccc(OCC4CNC4)cc3)c2)[C@H](O)[C@@H](O)[C@@H]1O. The Morgan fingerprint density at radius 3 is 2.39 bits per heavy atom. The third kappa shape index (κ3) is 5.04. The van der Waals surface area contributed by atoms with Crippen LogP contribution >= 0.6 is 11.6 Å². The highest BCUT2D eigenvalue weighted by molar-refractivity contribution is 6.31. The van der Waals surface area contributed by atoms with E-state index in [9.17, 15) is 20.4 Å². The summed E-state index contributed by atoms with van der Waals surface area (Å²) in [7, 11) is 0. The van der Waals surface area contributed by atoms with Gasteiger partial charge in [-0.25, -0.2) is 0 Å². The number of benzene rings is 2. The zero-order valence-electron chi connectivity index (χ0n) is 17.0. The molecule has 0 unspecified atom stereocenters. The van der Waals surface area contributed by atoms with Crippen molar-refractivity contribution in [3.05, 3.63) is 64.2 Å². The molecular formula is C23H28ClNO6. The fourth-order valence-corrected chi connectivity index (χ4v) is 4.07. The van der Waals surface area contributed by atoms with Gasteiger partial charge in [0.15, 0.2) is 0 Å². The van der Waals surface area contributed by atoms with E-state index < -0.39 is 37.1 Å². The molecule has 2 aliphatic rings. The summed E-state index contributed by atoms with van der Waals surface area (Å²) in [5.74, 6) is 1.40. The molecule has 2 aromatic carbocycles. The van der Waals surface area contributed by atoms with Crippen LogP contribution in [0.2, 0.25) is 5.02 Å². The number of nitrogens with one attached hydrogen (secondary N) is 1. The van der Waals surface area contributed by atoms with E-state index in [0.29, 0.717) is 29.5 Å². The van der Waals surface area contributed by atoms with E-state index >= 15 is 0 Å². The van der Waals surface area contributed by atoms with E-state index in [4.69, 9.17) is 21.1 Å². The maximum Gasteiger partial charge on any atom is 0.119 e. The lowest BCUT2D eigenvalue weighted by Gasteiger charge is -2.40. The first-order chi connectivity index (χ1) is 15.0. The first kappa shape index (κ1) is 22.5. The number of hydrogen-bond acceptors (Lipinski definition) is 7. The van der Waals surface area contributed by atoms with Crippen LogP contribution in [-0.2, 0) is 11.2 Å². The molecule has 7 nitrogen and oxygen atoms in total. The molecule has 0 saturated carbocycles. The van der Waals surface area contributed by atoms with Crippen LogP contribution in [0, 0.1) is 5.92 Å². The van der Waals surface area contributed by atoms with Gasteiger partial charge in [0, 0.05) is 24.0 Å². The van der Waals surface area contributed by atoms with Crippen LogP contribution in [-0.4, -0.2) is 71.1 Å². The zero-order chi connectivity index (χ0) is 22.0. The Morgan fingerprint density at radius 2 is 1.74 bits per heavy atom. The summed E-state index contributed by atoms with van der Waals surface area (Å²) >= 11 is 6.40. The van der Waals surface area contributed by atoms with Crippen molar-refractivity contribution >= 4 is 11.6 Å². The summed E-state index contributed by atoms with van der Waals surface area (Å²) in [4.78, 5) is 0. The lowest BCUT2D eigenvalue weighted by molar-refractivity contribution is -0.231. The lowest BCUT2D eigenvalue weighted by atomic mass is 9.90. The quantitative estimate of drug-likeness (QED) is 0.429. The van der Waals surface area contributed by atoms with Crippen molar-refractivity contribution in [2.75, 3.05) is 26.3 Å². The lowest BCUT2D eigenvalue weighted by Crippen LogP contribution is -2.55. The zero-order valence-corrected chi connectivity index (χ0v) is 17.8. The predicted molar refractivity (Wildman–Crippen MR) is 115 cm³/mol. The van der Waals surface area contributed by atoms with Crippen LogP contribution in [0.15, 0.2) is 42.5 Å². The summed E-state index contributed by atoms with van der Waals surface area (Å²) < 4.78 is 11.5. The number of hydrogen-bond donors (Lipinski definition) is 5. The second-order valence-electron chi connectivity index (χ2n) is 8.26. The van der Waals surface area contributed by atoms with Gasteiger partial charge in [-0.1, -0.05) is 35.9 Å². The molecule has 2 fully saturated rings. The number of aliphatic hydroxyl groups is 4. The van der Waals surface area contributed by atoms with E-state index in [1.54, 1.807) is 12.1 Å². The topological polar surface area (TPSA) is 111 Å². The molecule has 2 heterocycles. The van der Waals surface area contributed by atoms with Gasteiger partial charge in [0.2, 0.25) is 0 Å². The van der Waals surface area contributed by atoms with Gasteiger partial charge in [0.05, 0.1) is 13.2 Å². The van der Waals surface area contributed by atoms with Crippen molar-refractivity contribution in [1.82, 2.24) is 5.32 Å². The van der Waals surface area contributed by atoms with E-state index in [0.717, 1.165) is 30.0 Å². The maximum atomic E-state index is 10.4. The van der Waals surface area contributed by atoms with Crippen molar-refractivity contribution < 1.29 is 29.9 Å². The molecule has 2 aromatic rings. The summed E-state index contributed by atoms with van der Waals surface area (Å²) in [5.41, 5.74) is 2.50. The summed E-state index contributed by atoms with van der Waals surface area (Å²) in [6, 6.07) is 13.1. The Bertz CT molecular complexity index is 873. The Kier molecular flexibility index (Phi) is 7.13. The molecule has 0 aliphatic carbocycles. The van der Waals surface area contributed by atoms with Crippen LogP contribution in [0.5, 0.6) is 5.75 Å². The standard InChI is InChI=1S/C23H28ClNO6/c24-18-6-3-15(23-22(29)21(28)20(27)19(11-26)31-23)8-16(18)7-13-1-4-17(5-2-13)30-12-14-9-25-10-14/h1-6,8,14,19-23,25-29H,7,9-12H2/t19-,20-,21+,22-,23+/m1/s1. The number of aliphatic hydroxyl groups excluding tert-OH is 4. The average Bonchev–Trinajstić information content (AvgIpc) is 2.74. The molecule has 4 rings (SSSR count). The van der Waals surface area contributed by atoms with E-state index in [1.165, 1.54) is 0 Å². The molecule has 2 saturated heterocycles. The molecule has 0 aromatic heterocycles. The van der Waals surface area contributed by atoms with Gasteiger partial charge < -0.3 is 35.2 Å². The Hall–Kier alpha value is -1.71. The molecule has 0 bridgehead atoms. The van der Waals surface area contributed by atoms with Gasteiger partial charge in [0.1, 0.15) is 36.3 Å². The van der Waals surface area contributed by atoms with Gasteiger partial charge >= 0.3 is 0 Å². The minimum absolute atomic E-state index is 0.465. The highest BCUT2D eigenvalue weighted by Crippen LogP contribution is 2.34. The summed E-state index contributed by atoms with van der Waals surface area (Å²) in [6.07, 6.45) is -5.40. The molecule has 168 valence electrons. The third-order valence-corrected chi connectivity index (χ3v) is 6.33. The predicted octanol–water partition coefficient (Wildman–Crippen LogP) is 1.04. The Labute approximate surface area is 186 Å². The molecule has 0 spiro atoms. The average molecular weight is 450 g/mol. The molecule has 0 radical (unpaired) electrons. The highest BCUT2D eigenvalue weighted by atomic mass is 35.5. The van der Waals surface area contributed by atoms with Gasteiger partial charge in [-0.3, -0.25) is 0 Å². The first-order valence-corrected chi connectivity index (χ1v) is 10.9. The largest absolute Gasteiger partial charge is 0.493 e. The van der Waals surface area contributed by atoms with Crippen molar-refractivity contribution in [2.45, 2.75) is 36.9 Å². The molecule has 5 N–H and O–H groups in total. The smallest absolute Gasteiger partial charge is 0.119 e. The fourth-order valence-electron chi connectivity index (χ4n) is 3.89. The normalized spacial score (nSPS) is 28.9. The van der Waals surface area contributed by atoms with Crippen molar-refractivity contribution in [2.24, 2.45) is 5.92 Å². The van der Waals surface area contributed by atoms with E-state index in [2.05, 4.69) is 5.32 Å². The Balaban J connectivity index is 1.46. The maximum absolute atomic E-state index is 10.4. The van der Waals surface area contributed by atoms with Gasteiger partial charge in [0.25, 0.3) is 0 Å². The fraction of sp³-hybridized carbons (Fsp3) is 0.478. The molecular weight excluding hydrogens is 422 g/mol. The number of ether oxygens (including phenoxy) is 2. The van der Waals surface area contributed by atoms with Gasteiger partial charge in [-0.05, 0) is 41.3 Å². The first-order valence-electron chi connectivity index (χ1n) is 10.5. The summed E-state index contributed by atoms with van der Waals surface area (Å²) in [6.45, 7) is 2.25. The van der Waals surface area contributed by atoms with Crippen LogP contribution in [0.3, 0.4) is 0 Å². The number of rotatable bonds is 7. The molecule has 5 atom stereocenters. The summed E-state index contributed by atoms with van der Waals surface area (Å²) in [5, 5.41) is 43.7. The van der Waals surface area contributed by atoms with Gasteiger partial charge in [-0.15, -0.1) is 0 Å². The van der Waals surface area contributed by atoms with E-state index in [-0.39, 0.29) is 0 Å². The van der Waals surface area contributed by atoms with Crippen molar-refractivity contribution in [1.29, 1.82) is 0 Å². The monoisotopic (exact) mass is 449 g/mol. The molecule has 31 heavy (non-hydrogen) atoms. The van der Waals surface area contributed by atoms with Crippen molar-refractivity contribution in [3.63, 3.8) is 0 Å². The second kappa shape index (κ2) is 9.83. The highest BCUT2D eigenvalue weighted by Gasteiger charge is 2.44. The minimum atomic E-state index is -1.42. The van der Waals surface area contributed by atoms with Crippen molar-refractivity contribution in [3.8, 4) is 5.75 Å². The van der Waals surface area contributed by atoms with Crippen LogP contribution < -0.4 is 10.1 Å². The number of halogens is 1. The van der Waals surface area contributed by atoms with E-state index in [1.807, 2.05) is 30.3 Å². The van der Waals surface area contributed by atoms with Gasteiger partial charge in [-0.2, -0.15) is 0 Å². The van der Waals surface area contributed by atoms with Crippen LogP contribution in [0.1, 0.15) is 22.8 Å². The third-order valence-electron chi connectivity index (χ3n) is 5.96.